The lowest BCUT2D eigenvalue weighted by Gasteiger charge is -2.43. The summed E-state index contributed by atoms with van der Waals surface area (Å²) in [5, 5.41) is 8.37. The molecule has 16 nitrogen and oxygen atoms in total. The Bertz CT molecular complexity index is 2400. The third-order valence-electron chi connectivity index (χ3n) is 11.8. The van der Waals surface area contributed by atoms with Crippen LogP contribution in [0, 0.1) is 5.92 Å². The molecule has 3 aliphatic rings. The van der Waals surface area contributed by atoms with Crippen molar-refractivity contribution in [1.82, 2.24) is 45.5 Å². The summed E-state index contributed by atoms with van der Waals surface area (Å²) in [5.41, 5.74) is 6.32. The zero-order chi connectivity index (χ0) is 43.3. The predicted molar refractivity (Wildman–Crippen MR) is 228 cm³/mol. The fourth-order valence-corrected chi connectivity index (χ4v) is 8.51. The van der Waals surface area contributed by atoms with Gasteiger partial charge >= 0.3 is 12.2 Å². The molecule has 5 aromatic rings. The normalized spacial score (nSPS) is 19.5. The van der Waals surface area contributed by atoms with E-state index in [9.17, 15) is 24.0 Å². The van der Waals surface area contributed by atoms with Crippen molar-refractivity contribution in [1.29, 1.82) is 0 Å². The number of hydrogen-bond donors (Lipinski definition) is 4. The molecule has 16 heteroatoms. The molecule has 0 saturated carbocycles. The van der Waals surface area contributed by atoms with Crippen LogP contribution in [-0.2, 0) is 30.5 Å². The van der Waals surface area contributed by atoms with Crippen LogP contribution in [0.4, 0.5) is 9.59 Å². The fraction of sp³-hybridized carbons (Fsp3) is 0.370. The number of carbonyl (C=O) groups excluding carboxylic acids is 5. The van der Waals surface area contributed by atoms with E-state index in [0.29, 0.717) is 37.6 Å². The molecule has 3 aromatic carbocycles. The van der Waals surface area contributed by atoms with Crippen LogP contribution in [0.5, 0.6) is 0 Å². The number of aromatic amines is 2. The van der Waals surface area contributed by atoms with Gasteiger partial charge in [0.1, 0.15) is 36.4 Å². The Morgan fingerprint density at radius 2 is 1.34 bits per heavy atom. The minimum Gasteiger partial charge on any atom is -0.453 e. The maximum atomic E-state index is 14.0. The number of H-pyrrole nitrogens is 2. The SMILES string of the molecule is COC(=O)NC(C(=O)N1CCCC1c1ncc(-c2ccc(-c3ccc(-c4cnc([C@@H]5CCCN6C(=O)CC[C@H](NC(=O)OCc7ccccc7)C(=O)N56)[nH]4)cc3)cc2)[nH]1)C(C)C. The lowest BCUT2D eigenvalue weighted by molar-refractivity contribution is -0.174. The molecule has 5 heterocycles. The number of ether oxygens (including phenoxy) is 2. The van der Waals surface area contributed by atoms with E-state index in [0.717, 1.165) is 52.0 Å². The van der Waals surface area contributed by atoms with E-state index >= 15 is 0 Å². The van der Waals surface area contributed by atoms with E-state index in [-0.39, 0.29) is 49.1 Å². The molecule has 0 bridgehead atoms. The smallest absolute Gasteiger partial charge is 0.408 e. The molecule has 4 N–H and O–H groups in total. The lowest BCUT2D eigenvalue weighted by atomic mass is 10.0. The van der Waals surface area contributed by atoms with Crippen molar-refractivity contribution in [2.75, 3.05) is 20.2 Å². The van der Waals surface area contributed by atoms with Gasteiger partial charge < -0.3 is 35.0 Å². The van der Waals surface area contributed by atoms with Gasteiger partial charge in [-0.2, -0.15) is 0 Å². The first kappa shape index (κ1) is 41.8. The minimum absolute atomic E-state index is 0.0626. The number of amides is 5. The van der Waals surface area contributed by atoms with E-state index in [2.05, 4.69) is 42.7 Å². The maximum Gasteiger partial charge on any atom is 0.408 e. The summed E-state index contributed by atoms with van der Waals surface area (Å²) in [7, 11) is 1.28. The van der Waals surface area contributed by atoms with Crippen LogP contribution in [0.2, 0.25) is 0 Å². The second-order valence-corrected chi connectivity index (χ2v) is 16.2. The van der Waals surface area contributed by atoms with Gasteiger partial charge in [-0.15, -0.1) is 0 Å². The third-order valence-corrected chi connectivity index (χ3v) is 11.8. The highest BCUT2D eigenvalue weighted by molar-refractivity contribution is 5.91. The summed E-state index contributed by atoms with van der Waals surface area (Å²) in [6.07, 6.45) is 5.34. The number of rotatable bonds is 11. The number of alkyl carbamates (subject to hydrolysis) is 2. The number of likely N-dealkylation sites (tertiary alicyclic amines) is 1. The first-order chi connectivity index (χ1) is 30.1. The Kier molecular flexibility index (Phi) is 12.3. The fourth-order valence-electron chi connectivity index (χ4n) is 8.51. The number of hydrogen-bond acceptors (Lipinski definition) is 9. The zero-order valence-corrected chi connectivity index (χ0v) is 35.0. The zero-order valence-electron chi connectivity index (χ0n) is 35.0. The standard InChI is InChI=1S/C46H51N9O7/c1-28(2)40(52-45(59)61-3)44(58)53-23-7-11-37(53)41-47-25-35(49-41)32-17-13-30(14-18-32)31-15-19-33(20-16-31)36-26-48-42(50-36)38-12-8-24-54-39(56)22-21-34(43(57)55(38)54)51-46(60)62-27-29-9-5-4-6-10-29/h4-6,9-10,13-20,25-26,28,34,37-38,40H,7-8,11-12,21-24,27H2,1-3H3,(H,47,49)(H,48,50)(H,51,60)(H,52,59)/t34-,37?,38-,40?/m0/s1. The summed E-state index contributed by atoms with van der Waals surface area (Å²) in [4.78, 5) is 83.6. The molecule has 8 rings (SSSR count). The summed E-state index contributed by atoms with van der Waals surface area (Å²) < 4.78 is 10.1. The van der Waals surface area contributed by atoms with Crippen molar-refractivity contribution < 1.29 is 33.4 Å². The molecule has 0 spiro atoms. The van der Waals surface area contributed by atoms with Gasteiger partial charge in [0.2, 0.25) is 11.8 Å². The number of nitrogens with one attached hydrogen (secondary N) is 4. The molecule has 3 fully saturated rings. The van der Waals surface area contributed by atoms with E-state index in [1.165, 1.54) is 17.1 Å². The van der Waals surface area contributed by atoms with E-state index in [1.807, 2.05) is 80.6 Å². The summed E-state index contributed by atoms with van der Waals surface area (Å²) >= 11 is 0. The largest absolute Gasteiger partial charge is 0.453 e. The molecule has 0 radical (unpaired) electrons. The van der Waals surface area contributed by atoms with Crippen LogP contribution in [0.25, 0.3) is 33.6 Å². The molecule has 2 unspecified atom stereocenters. The predicted octanol–water partition coefficient (Wildman–Crippen LogP) is 6.67. The van der Waals surface area contributed by atoms with E-state index < -0.39 is 30.3 Å². The lowest BCUT2D eigenvalue weighted by Crippen LogP contribution is -2.57. The number of fused-ring (bicyclic) bond motifs is 1. The van der Waals surface area contributed by atoms with Crippen LogP contribution in [0.3, 0.4) is 0 Å². The first-order valence-corrected chi connectivity index (χ1v) is 21.1. The second-order valence-electron chi connectivity index (χ2n) is 16.2. The number of hydrazine groups is 1. The molecule has 322 valence electrons. The number of imidazole rings is 2. The van der Waals surface area contributed by atoms with Crippen molar-refractivity contribution >= 4 is 29.9 Å². The average molecular weight is 842 g/mol. The number of nitrogens with zero attached hydrogens (tertiary/aromatic N) is 5. The Morgan fingerprint density at radius 3 is 1.95 bits per heavy atom. The van der Waals surface area contributed by atoms with Gasteiger partial charge in [0.15, 0.2) is 0 Å². The number of methoxy groups -OCH3 is 1. The summed E-state index contributed by atoms with van der Waals surface area (Å²) in [5.74, 6) is 0.441. The van der Waals surface area contributed by atoms with Crippen molar-refractivity contribution in [3.8, 4) is 33.6 Å². The molecule has 0 aliphatic carbocycles. The van der Waals surface area contributed by atoms with Crippen molar-refractivity contribution in [3.05, 3.63) is 108 Å². The van der Waals surface area contributed by atoms with Gasteiger partial charge in [0, 0.05) is 19.5 Å². The van der Waals surface area contributed by atoms with Crippen molar-refractivity contribution in [3.63, 3.8) is 0 Å². The van der Waals surface area contributed by atoms with Gasteiger partial charge in [-0.1, -0.05) is 92.7 Å². The van der Waals surface area contributed by atoms with Gasteiger partial charge in [-0.05, 0) is 65.8 Å². The number of aromatic nitrogens is 4. The highest BCUT2D eigenvalue weighted by atomic mass is 16.5. The molecular formula is C46H51N9O7. The highest BCUT2D eigenvalue weighted by Crippen LogP contribution is 2.36. The van der Waals surface area contributed by atoms with Crippen LogP contribution < -0.4 is 10.6 Å². The second kappa shape index (κ2) is 18.3. The van der Waals surface area contributed by atoms with Gasteiger partial charge in [0.25, 0.3) is 5.91 Å². The van der Waals surface area contributed by atoms with Crippen LogP contribution in [-0.4, -0.2) is 97.0 Å². The van der Waals surface area contributed by atoms with E-state index in [1.54, 1.807) is 17.3 Å². The highest BCUT2D eigenvalue weighted by Gasteiger charge is 2.44. The topological polar surface area (TPSA) is 195 Å². The van der Waals surface area contributed by atoms with Gasteiger partial charge in [-0.3, -0.25) is 19.4 Å². The summed E-state index contributed by atoms with van der Waals surface area (Å²) in [6.45, 7) is 4.84. The summed E-state index contributed by atoms with van der Waals surface area (Å²) in [6, 6.07) is 23.2. The molecule has 4 atom stereocenters. The number of benzene rings is 3. The molecular weight excluding hydrogens is 791 g/mol. The molecule has 3 saturated heterocycles. The Labute approximate surface area is 359 Å². The molecule has 62 heavy (non-hydrogen) atoms. The monoisotopic (exact) mass is 841 g/mol. The maximum absolute atomic E-state index is 14.0. The molecule has 2 aromatic heterocycles. The van der Waals surface area contributed by atoms with Crippen molar-refractivity contribution in [2.45, 2.75) is 83.1 Å². The quantitative estimate of drug-likeness (QED) is 0.112. The van der Waals surface area contributed by atoms with Crippen LogP contribution in [0.15, 0.2) is 91.3 Å². The molecule has 3 aliphatic heterocycles. The van der Waals surface area contributed by atoms with E-state index in [4.69, 9.17) is 9.47 Å². The Morgan fingerprint density at radius 1 is 0.758 bits per heavy atom. The first-order valence-electron chi connectivity index (χ1n) is 21.1. The van der Waals surface area contributed by atoms with Gasteiger partial charge in [0.05, 0.1) is 36.9 Å². The number of carbonyl (C=O) groups is 5. The van der Waals surface area contributed by atoms with Crippen LogP contribution >= 0.6 is 0 Å². The Balaban J connectivity index is 0.916. The van der Waals surface area contributed by atoms with Crippen molar-refractivity contribution in [2.24, 2.45) is 5.92 Å². The minimum atomic E-state index is -0.928. The van der Waals surface area contributed by atoms with Gasteiger partial charge in [-0.25, -0.2) is 24.6 Å². The Hall–Kier alpha value is -6.97. The molecule has 5 amide bonds. The van der Waals surface area contributed by atoms with Crippen LogP contribution in [0.1, 0.15) is 81.7 Å². The average Bonchev–Trinajstić information content (AvgIpc) is 4.10. The third kappa shape index (κ3) is 8.90.